The predicted octanol–water partition coefficient (Wildman–Crippen LogP) is 2.61. The summed E-state index contributed by atoms with van der Waals surface area (Å²) >= 11 is 2.04. The quantitative estimate of drug-likeness (QED) is 0.800. The largest absolute Gasteiger partial charge is 0.478 e. The lowest BCUT2D eigenvalue weighted by atomic mass is 10.1. The van der Waals surface area contributed by atoms with Crippen LogP contribution in [0.3, 0.4) is 0 Å². The van der Waals surface area contributed by atoms with Gasteiger partial charge in [0.15, 0.2) is 0 Å². The number of rotatable bonds is 1. The van der Waals surface area contributed by atoms with Crippen LogP contribution >= 0.6 is 22.6 Å². The third-order valence-electron chi connectivity index (χ3n) is 1.81. The van der Waals surface area contributed by atoms with E-state index in [-0.39, 0.29) is 0 Å². The van der Waals surface area contributed by atoms with Crippen molar-refractivity contribution >= 4 is 28.6 Å². The number of aromatic carboxylic acids is 1. The maximum absolute atomic E-state index is 10.7. The first-order valence-corrected chi connectivity index (χ1v) is 4.60. The fraction of sp³-hybridized carbons (Fsp3) is 0.222. The number of hydrogen-bond donors (Lipinski definition) is 1. The van der Waals surface area contributed by atoms with Crippen molar-refractivity contribution in [3.63, 3.8) is 0 Å². The van der Waals surface area contributed by atoms with E-state index >= 15 is 0 Å². The van der Waals surface area contributed by atoms with E-state index in [1.165, 1.54) is 0 Å². The average molecular weight is 276 g/mol. The lowest BCUT2D eigenvalue weighted by Gasteiger charge is -2.03. The number of aryl methyl sites for hydroxylation is 2. The summed E-state index contributed by atoms with van der Waals surface area (Å²) in [5, 5.41) is 8.78. The summed E-state index contributed by atoms with van der Waals surface area (Å²) < 4.78 is 0.795. The van der Waals surface area contributed by atoms with Crippen LogP contribution in [0.15, 0.2) is 12.1 Å². The van der Waals surface area contributed by atoms with Crippen LogP contribution in [0, 0.1) is 17.4 Å². The molecule has 3 heteroatoms. The Hall–Kier alpha value is -0.580. The molecular weight excluding hydrogens is 267 g/mol. The molecule has 0 unspecified atom stereocenters. The van der Waals surface area contributed by atoms with Crippen molar-refractivity contribution in [2.45, 2.75) is 13.8 Å². The molecule has 0 aliphatic carbocycles. The van der Waals surface area contributed by atoms with Gasteiger partial charge in [0.2, 0.25) is 0 Å². The van der Waals surface area contributed by atoms with Crippen LogP contribution < -0.4 is 0 Å². The van der Waals surface area contributed by atoms with Crippen LogP contribution in [0.5, 0.6) is 0 Å². The van der Waals surface area contributed by atoms with Crippen molar-refractivity contribution in [3.8, 4) is 0 Å². The maximum Gasteiger partial charge on any atom is 0.336 e. The van der Waals surface area contributed by atoms with Crippen molar-refractivity contribution in [1.82, 2.24) is 0 Å². The summed E-state index contributed by atoms with van der Waals surface area (Å²) in [5.41, 5.74) is 2.54. The molecule has 0 amide bonds. The molecule has 12 heavy (non-hydrogen) atoms. The van der Waals surface area contributed by atoms with Gasteiger partial charge < -0.3 is 5.11 Å². The summed E-state index contributed by atoms with van der Waals surface area (Å²) in [4.78, 5) is 10.7. The van der Waals surface area contributed by atoms with Gasteiger partial charge in [-0.25, -0.2) is 4.79 Å². The molecule has 0 atom stereocenters. The van der Waals surface area contributed by atoms with Gasteiger partial charge in [0.25, 0.3) is 0 Å². The lowest BCUT2D eigenvalue weighted by Crippen LogP contribution is -2.01. The van der Waals surface area contributed by atoms with Crippen LogP contribution in [0.4, 0.5) is 0 Å². The van der Waals surface area contributed by atoms with E-state index in [2.05, 4.69) is 0 Å². The minimum absolute atomic E-state index is 0.388. The Morgan fingerprint density at radius 1 is 1.33 bits per heavy atom. The molecule has 0 aliphatic heterocycles. The summed E-state index contributed by atoms with van der Waals surface area (Å²) in [6, 6.07) is 3.60. The van der Waals surface area contributed by atoms with Crippen molar-refractivity contribution in [3.05, 3.63) is 32.4 Å². The van der Waals surface area contributed by atoms with Crippen molar-refractivity contribution < 1.29 is 9.90 Å². The van der Waals surface area contributed by atoms with Gasteiger partial charge in [-0.1, -0.05) is 0 Å². The second kappa shape index (κ2) is 3.43. The molecule has 0 fully saturated rings. The second-order valence-corrected chi connectivity index (χ2v) is 3.88. The van der Waals surface area contributed by atoms with Gasteiger partial charge in [-0.2, -0.15) is 0 Å². The van der Waals surface area contributed by atoms with E-state index < -0.39 is 5.97 Å². The van der Waals surface area contributed by atoms with E-state index in [0.29, 0.717) is 5.56 Å². The van der Waals surface area contributed by atoms with E-state index in [9.17, 15) is 4.79 Å². The molecule has 64 valence electrons. The third-order valence-corrected chi connectivity index (χ3v) is 2.71. The van der Waals surface area contributed by atoms with Gasteiger partial charge in [0, 0.05) is 3.57 Å². The molecule has 0 aromatic heterocycles. The summed E-state index contributed by atoms with van der Waals surface area (Å²) in [6.45, 7) is 3.89. The van der Waals surface area contributed by atoms with Crippen molar-refractivity contribution in [2.75, 3.05) is 0 Å². The first kappa shape index (κ1) is 9.51. The molecule has 1 rings (SSSR count). The smallest absolute Gasteiger partial charge is 0.336 e. The molecule has 0 saturated carbocycles. The number of hydrogen-bond acceptors (Lipinski definition) is 1. The highest BCUT2D eigenvalue weighted by Gasteiger charge is 2.08. The number of benzene rings is 1. The van der Waals surface area contributed by atoms with Gasteiger partial charge >= 0.3 is 5.97 Å². The van der Waals surface area contributed by atoms with Gasteiger partial charge in [0.05, 0.1) is 5.56 Å². The molecule has 1 aromatic carbocycles. The Labute approximate surface area is 84.7 Å². The normalized spacial score (nSPS) is 9.92. The molecule has 0 spiro atoms. The molecule has 2 nitrogen and oxygen atoms in total. The Morgan fingerprint density at radius 3 is 2.33 bits per heavy atom. The Kier molecular flexibility index (Phi) is 2.72. The Balaban J connectivity index is 3.33. The van der Waals surface area contributed by atoms with Crippen molar-refractivity contribution in [2.24, 2.45) is 0 Å². The second-order valence-electron chi connectivity index (χ2n) is 2.72. The van der Waals surface area contributed by atoms with Crippen LogP contribution in [-0.2, 0) is 0 Å². The maximum atomic E-state index is 10.7. The zero-order valence-corrected chi connectivity index (χ0v) is 9.05. The Bertz CT molecular complexity index is 332. The lowest BCUT2D eigenvalue weighted by molar-refractivity contribution is 0.0695. The van der Waals surface area contributed by atoms with Crippen LogP contribution in [0.25, 0.3) is 0 Å². The number of halogens is 1. The molecular formula is C9H9IO2. The van der Waals surface area contributed by atoms with E-state index in [1.54, 1.807) is 6.07 Å². The molecule has 0 bridgehead atoms. The van der Waals surface area contributed by atoms with Gasteiger partial charge in [-0.3, -0.25) is 0 Å². The number of carbonyl (C=O) groups is 1. The van der Waals surface area contributed by atoms with Crippen LogP contribution in [-0.4, -0.2) is 11.1 Å². The summed E-state index contributed by atoms with van der Waals surface area (Å²) in [7, 11) is 0. The molecule has 0 radical (unpaired) electrons. The van der Waals surface area contributed by atoms with Crippen molar-refractivity contribution in [1.29, 1.82) is 0 Å². The van der Waals surface area contributed by atoms with Gasteiger partial charge in [-0.05, 0) is 59.7 Å². The topological polar surface area (TPSA) is 37.3 Å². The van der Waals surface area contributed by atoms with E-state index in [1.807, 2.05) is 42.5 Å². The standard InChI is InChI=1S/C9H9IO2/c1-5-3-7(9(11)12)8(10)4-6(5)2/h3-4H,1-2H3,(H,11,12). The first-order chi connectivity index (χ1) is 5.52. The summed E-state index contributed by atoms with van der Waals surface area (Å²) in [6.07, 6.45) is 0. The monoisotopic (exact) mass is 276 g/mol. The van der Waals surface area contributed by atoms with E-state index in [0.717, 1.165) is 14.7 Å². The SMILES string of the molecule is Cc1cc(I)c(C(=O)O)cc1C. The molecule has 0 saturated heterocycles. The average Bonchev–Trinajstić information content (AvgIpc) is 1.96. The van der Waals surface area contributed by atoms with Gasteiger partial charge in [0.1, 0.15) is 0 Å². The molecule has 1 aromatic rings. The zero-order valence-electron chi connectivity index (χ0n) is 6.89. The highest BCUT2D eigenvalue weighted by molar-refractivity contribution is 14.1. The van der Waals surface area contributed by atoms with Crippen LogP contribution in [0.1, 0.15) is 21.5 Å². The van der Waals surface area contributed by atoms with E-state index in [4.69, 9.17) is 5.11 Å². The Morgan fingerprint density at radius 2 is 1.83 bits per heavy atom. The predicted molar refractivity (Wildman–Crippen MR) is 55.6 cm³/mol. The molecule has 1 N–H and O–H groups in total. The highest BCUT2D eigenvalue weighted by Crippen LogP contribution is 2.17. The summed E-state index contributed by atoms with van der Waals surface area (Å²) in [5.74, 6) is -0.859. The minimum Gasteiger partial charge on any atom is -0.478 e. The third kappa shape index (κ3) is 1.77. The zero-order chi connectivity index (χ0) is 9.30. The highest BCUT2D eigenvalue weighted by atomic mass is 127. The first-order valence-electron chi connectivity index (χ1n) is 3.52. The number of carboxylic acid groups (broad SMARTS) is 1. The minimum atomic E-state index is -0.859. The fourth-order valence-electron chi connectivity index (χ4n) is 0.945. The number of carboxylic acids is 1. The molecule has 0 heterocycles. The van der Waals surface area contributed by atoms with Crippen LogP contribution in [0.2, 0.25) is 0 Å². The fourth-order valence-corrected chi connectivity index (χ4v) is 1.80. The molecule has 0 aliphatic rings. The van der Waals surface area contributed by atoms with Gasteiger partial charge in [-0.15, -0.1) is 0 Å².